The first-order valence-corrected chi connectivity index (χ1v) is 5.69. The third kappa shape index (κ3) is 2.18. The zero-order valence-electron chi connectivity index (χ0n) is 8.57. The van der Waals surface area contributed by atoms with Crippen LogP contribution in [0.3, 0.4) is 0 Å². The number of carboxylic acid groups (broad SMARTS) is 1. The van der Waals surface area contributed by atoms with Crippen molar-refractivity contribution in [2.24, 2.45) is 0 Å². The van der Waals surface area contributed by atoms with Gasteiger partial charge in [-0.3, -0.25) is 0 Å². The number of hydrogen-bond acceptors (Lipinski definition) is 4. The van der Waals surface area contributed by atoms with Crippen molar-refractivity contribution < 1.29 is 14.4 Å². The van der Waals surface area contributed by atoms with Crippen LogP contribution in [-0.4, -0.2) is 21.2 Å². The molecule has 0 aliphatic heterocycles. The van der Waals surface area contributed by atoms with Crippen LogP contribution in [0, 0.1) is 6.92 Å². The van der Waals surface area contributed by atoms with E-state index in [1.165, 1.54) is 6.92 Å². The Morgan fingerprint density at radius 1 is 1.53 bits per heavy atom. The van der Waals surface area contributed by atoms with Gasteiger partial charge < -0.3 is 9.63 Å². The van der Waals surface area contributed by atoms with Gasteiger partial charge in [-0.15, -0.1) is 0 Å². The molecule has 2 rings (SSSR count). The highest BCUT2D eigenvalue weighted by atomic mass is 79.9. The summed E-state index contributed by atoms with van der Waals surface area (Å²) in [7, 11) is 0. The van der Waals surface area contributed by atoms with E-state index in [4.69, 9.17) is 21.2 Å². The van der Waals surface area contributed by atoms with Crippen LogP contribution in [0.2, 0.25) is 5.15 Å². The van der Waals surface area contributed by atoms with Gasteiger partial charge in [0.25, 0.3) is 0 Å². The fourth-order valence-electron chi connectivity index (χ4n) is 1.35. The molecule has 0 aliphatic carbocycles. The van der Waals surface area contributed by atoms with Crippen molar-refractivity contribution in [3.63, 3.8) is 0 Å². The van der Waals surface area contributed by atoms with Gasteiger partial charge in [0, 0.05) is 0 Å². The minimum absolute atomic E-state index is 0.00381. The fraction of sp³-hybridized carbons (Fsp3) is 0.100. The standard InChI is InChI=1S/C10H6BrClN2O3/c1-4-7(10(15)16)8(14-17-4)6-3-2-5(11)9(12)13-6/h2-3H,1H3,(H,15,16). The molecule has 88 valence electrons. The van der Waals surface area contributed by atoms with Crippen molar-refractivity contribution in [2.45, 2.75) is 6.92 Å². The van der Waals surface area contributed by atoms with Crippen LogP contribution in [0.5, 0.6) is 0 Å². The van der Waals surface area contributed by atoms with Crippen LogP contribution >= 0.6 is 27.5 Å². The molecule has 2 aromatic heterocycles. The molecule has 0 saturated carbocycles. The Morgan fingerprint density at radius 3 is 2.82 bits per heavy atom. The molecule has 0 fully saturated rings. The van der Waals surface area contributed by atoms with Crippen molar-refractivity contribution in [3.05, 3.63) is 33.1 Å². The summed E-state index contributed by atoms with van der Waals surface area (Å²) >= 11 is 9.04. The number of aromatic nitrogens is 2. The number of halogens is 2. The molecule has 0 amide bonds. The Kier molecular flexibility index (Phi) is 3.17. The van der Waals surface area contributed by atoms with E-state index < -0.39 is 5.97 Å². The summed E-state index contributed by atoms with van der Waals surface area (Å²) in [5.74, 6) is -0.882. The predicted molar refractivity (Wildman–Crippen MR) is 64.1 cm³/mol. The molecule has 0 bridgehead atoms. The van der Waals surface area contributed by atoms with Gasteiger partial charge in [-0.25, -0.2) is 9.78 Å². The lowest BCUT2D eigenvalue weighted by molar-refractivity contribution is 0.0695. The Balaban J connectivity index is 2.60. The van der Waals surface area contributed by atoms with Gasteiger partial charge in [0.05, 0.1) is 10.2 Å². The van der Waals surface area contributed by atoms with E-state index in [0.717, 1.165) is 0 Å². The normalized spacial score (nSPS) is 10.5. The number of rotatable bonds is 2. The highest BCUT2D eigenvalue weighted by Crippen LogP contribution is 2.28. The molecule has 17 heavy (non-hydrogen) atoms. The van der Waals surface area contributed by atoms with Crippen LogP contribution in [0.25, 0.3) is 11.4 Å². The molecular formula is C10H6BrClN2O3. The first-order valence-electron chi connectivity index (χ1n) is 4.52. The van der Waals surface area contributed by atoms with Gasteiger partial charge in [0.2, 0.25) is 0 Å². The first kappa shape index (κ1) is 12.1. The molecular weight excluding hydrogens is 311 g/mol. The summed E-state index contributed by atoms with van der Waals surface area (Å²) in [6.07, 6.45) is 0. The summed E-state index contributed by atoms with van der Waals surface area (Å²) in [4.78, 5) is 15.1. The number of carbonyl (C=O) groups is 1. The molecule has 2 aromatic rings. The van der Waals surface area contributed by atoms with Crippen LogP contribution in [0.4, 0.5) is 0 Å². The van der Waals surface area contributed by atoms with Crippen LogP contribution in [0.1, 0.15) is 16.1 Å². The van der Waals surface area contributed by atoms with Crippen LogP contribution in [-0.2, 0) is 0 Å². The molecule has 5 nitrogen and oxygen atoms in total. The Hall–Kier alpha value is -1.40. The average molecular weight is 318 g/mol. The van der Waals surface area contributed by atoms with E-state index in [9.17, 15) is 4.79 Å². The molecule has 0 unspecified atom stereocenters. The smallest absolute Gasteiger partial charge is 0.341 e. The highest BCUT2D eigenvalue weighted by Gasteiger charge is 2.22. The molecule has 0 aromatic carbocycles. The van der Waals surface area contributed by atoms with Crippen molar-refractivity contribution >= 4 is 33.5 Å². The third-order valence-corrected chi connectivity index (χ3v) is 3.28. The van der Waals surface area contributed by atoms with Crippen LogP contribution in [0.15, 0.2) is 21.1 Å². The van der Waals surface area contributed by atoms with Gasteiger partial charge in [0.1, 0.15) is 22.2 Å². The number of hydrogen-bond donors (Lipinski definition) is 1. The van der Waals surface area contributed by atoms with Crippen molar-refractivity contribution in [1.82, 2.24) is 10.1 Å². The number of aryl methyl sites for hydroxylation is 1. The molecule has 0 saturated heterocycles. The van der Waals surface area contributed by atoms with Gasteiger partial charge in [-0.05, 0) is 35.0 Å². The maximum atomic E-state index is 11.1. The Bertz CT molecular complexity index is 597. The van der Waals surface area contributed by atoms with E-state index in [0.29, 0.717) is 10.2 Å². The van der Waals surface area contributed by atoms with Crippen molar-refractivity contribution in [3.8, 4) is 11.4 Å². The molecule has 0 aliphatic rings. The number of nitrogens with zero attached hydrogens (tertiary/aromatic N) is 2. The first-order chi connectivity index (χ1) is 8.00. The quantitative estimate of drug-likeness (QED) is 0.861. The molecule has 0 atom stereocenters. The fourth-order valence-corrected chi connectivity index (χ4v) is 1.72. The molecule has 7 heteroatoms. The summed E-state index contributed by atoms with van der Waals surface area (Å²) in [5, 5.41) is 13.0. The maximum absolute atomic E-state index is 11.1. The molecule has 0 spiro atoms. The topological polar surface area (TPSA) is 76.2 Å². The zero-order valence-corrected chi connectivity index (χ0v) is 10.9. The third-order valence-electron chi connectivity index (χ3n) is 2.12. The van der Waals surface area contributed by atoms with Gasteiger partial charge in [0.15, 0.2) is 0 Å². The molecule has 1 N–H and O–H groups in total. The second kappa shape index (κ2) is 4.46. The van der Waals surface area contributed by atoms with E-state index in [-0.39, 0.29) is 22.2 Å². The largest absolute Gasteiger partial charge is 0.477 e. The lowest BCUT2D eigenvalue weighted by atomic mass is 10.1. The minimum Gasteiger partial charge on any atom is -0.477 e. The number of carboxylic acids is 1. The summed E-state index contributed by atoms with van der Waals surface area (Å²) < 4.78 is 5.48. The van der Waals surface area contributed by atoms with Gasteiger partial charge in [-0.2, -0.15) is 0 Å². The summed E-state index contributed by atoms with van der Waals surface area (Å²) in [6, 6.07) is 3.28. The van der Waals surface area contributed by atoms with E-state index in [2.05, 4.69) is 26.1 Å². The maximum Gasteiger partial charge on any atom is 0.341 e. The van der Waals surface area contributed by atoms with Gasteiger partial charge in [-0.1, -0.05) is 16.8 Å². The number of aromatic carboxylic acids is 1. The SMILES string of the molecule is Cc1onc(-c2ccc(Br)c(Cl)n2)c1C(=O)O. The highest BCUT2D eigenvalue weighted by molar-refractivity contribution is 9.10. The van der Waals surface area contributed by atoms with Crippen molar-refractivity contribution in [1.29, 1.82) is 0 Å². The van der Waals surface area contributed by atoms with Crippen LogP contribution < -0.4 is 0 Å². The van der Waals surface area contributed by atoms with E-state index in [1.807, 2.05) is 0 Å². The molecule has 0 radical (unpaired) electrons. The number of pyridine rings is 1. The monoisotopic (exact) mass is 316 g/mol. The zero-order chi connectivity index (χ0) is 12.6. The Morgan fingerprint density at radius 2 is 2.24 bits per heavy atom. The predicted octanol–water partition coefficient (Wildman–Crippen LogP) is 3.16. The van der Waals surface area contributed by atoms with E-state index in [1.54, 1.807) is 12.1 Å². The second-order valence-electron chi connectivity index (χ2n) is 3.24. The Labute approximate surface area is 110 Å². The van der Waals surface area contributed by atoms with Gasteiger partial charge >= 0.3 is 5.97 Å². The molecule has 2 heterocycles. The average Bonchev–Trinajstić information content (AvgIpc) is 2.64. The van der Waals surface area contributed by atoms with E-state index >= 15 is 0 Å². The lowest BCUT2D eigenvalue weighted by Crippen LogP contribution is -2.00. The lowest BCUT2D eigenvalue weighted by Gasteiger charge is -1.99. The summed E-state index contributed by atoms with van der Waals surface area (Å²) in [5.41, 5.74) is 0.521. The van der Waals surface area contributed by atoms with Crippen molar-refractivity contribution in [2.75, 3.05) is 0 Å². The second-order valence-corrected chi connectivity index (χ2v) is 4.45. The minimum atomic E-state index is -1.11. The summed E-state index contributed by atoms with van der Waals surface area (Å²) in [6.45, 7) is 1.53.